The molecule has 0 radical (unpaired) electrons. The van der Waals surface area contributed by atoms with Crippen molar-refractivity contribution in [3.8, 4) is 16.9 Å². The van der Waals surface area contributed by atoms with Crippen molar-refractivity contribution in [2.75, 3.05) is 158 Å². The number of amides is 2. The Kier molecular flexibility index (Phi) is 32.2. The number of fused-ring (bicyclic) bond motifs is 1. The molecular weight excluding hydrogens is 1180 g/mol. The third-order valence-corrected chi connectivity index (χ3v) is 13.6. The number of aliphatic hydroxyl groups is 1. The SMILES string of the molecule is C=C(C1=Cc2ccc(-c3ccc(C(=O)N4C[C@H](O)C[C@H]4C(=O)NCCOCCOCCOCCOCCOCCOCCOCCOCCOCCOCCC(=O)Oc4c(F)c(F)c(S(=O)(=O)O)c(F)c4F)cc3)cc2N=C(N)C1)N(CCC)OCC. The minimum absolute atomic E-state index is 0.0121. The van der Waals surface area contributed by atoms with E-state index in [9.17, 15) is 45.5 Å². The predicted octanol–water partition coefficient (Wildman–Crippen LogP) is 4.96. The fraction of sp³-hybridized carbons (Fsp3) is 0.552. The van der Waals surface area contributed by atoms with Gasteiger partial charge in [0.15, 0.2) is 16.5 Å². The molecule has 3 aromatic rings. The molecule has 484 valence electrons. The van der Waals surface area contributed by atoms with Crippen LogP contribution in [0.3, 0.4) is 0 Å². The Hall–Kier alpha value is -6.03. The molecule has 0 aliphatic carbocycles. The number of nitrogens with two attached hydrogens (primary N) is 1. The summed E-state index contributed by atoms with van der Waals surface area (Å²) in [5, 5.41) is 15.1. The molecule has 2 aliphatic heterocycles. The van der Waals surface area contributed by atoms with Crippen molar-refractivity contribution in [2.24, 2.45) is 10.7 Å². The summed E-state index contributed by atoms with van der Waals surface area (Å²) in [7, 11) is -5.65. The Bertz CT molecular complexity index is 2800. The van der Waals surface area contributed by atoms with Gasteiger partial charge in [-0.25, -0.2) is 13.8 Å². The number of aliphatic imine (C=N–C) groups is 1. The number of hydrogen-bond donors (Lipinski definition) is 4. The van der Waals surface area contributed by atoms with E-state index in [1.54, 1.807) is 17.2 Å². The van der Waals surface area contributed by atoms with E-state index in [1.807, 2.05) is 43.3 Å². The number of aliphatic hydroxyl groups excluding tert-OH is 1. The van der Waals surface area contributed by atoms with Crippen LogP contribution in [0.2, 0.25) is 0 Å². The number of β-amino-alcohol motifs (C(OH)–C–C–N with tert-alkyl or cyclic N) is 1. The van der Waals surface area contributed by atoms with Crippen LogP contribution < -0.4 is 15.8 Å². The van der Waals surface area contributed by atoms with Crippen molar-refractivity contribution in [3.05, 3.63) is 94.7 Å². The second-order valence-corrected chi connectivity index (χ2v) is 20.5. The van der Waals surface area contributed by atoms with E-state index in [1.165, 1.54) is 4.90 Å². The molecule has 0 unspecified atom stereocenters. The van der Waals surface area contributed by atoms with E-state index in [0.717, 1.165) is 34.4 Å². The molecule has 2 heterocycles. The van der Waals surface area contributed by atoms with Crippen LogP contribution in [-0.4, -0.2) is 222 Å². The van der Waals surface area contributed by atoms with Crippen molar-refractivity contribution < 1.29 is 107 Å². The number of esters is 1. The van der Waals surface area contributed by atoms with Gasteiger partial charge in [-0.2, -0.15) is 17.2 Å². The molecule has 0 aromatic heterocycles. The Labute approximate surface area is 503 Å². The summed E-state index contributed by atoms with van der Waals surface area (Å²) in [5.41, 5.74) is 11.8. The summed E-state index contributed by atoms with van der Waals surface area (Å²) < 4.78 is 145. The Balaban J connectivity index is 0.776. The maximum absolute atomic E-state index is 14.0. The number of hydrogen-bond acceptors (Lipinski definition) is 21. The zero-order valence-electron chi connectivity index (χ0n) is 49.0. The van der Waals surface area contributed by atoms with E-state index < -0.39 is 68.6 Å². The molecule has 2 atom stereocenters. The number of hydroxylamine groups is 2. The van der Waals surface area contributed by atoms with E-state index in [0.29, 0.717) is 129 Å². The molecule has 87 heavy (non-hydrogen) atoms. The molecule has 0 spiro atoms. The van der Waals surface area contributed by atoms with Crippen LogP contribution >= 0.6 is 0 Å². The number of allylic oxidation sites excluding steroid dienone is 1. The van der Waals surface area contributed by atoms with Gasteiger partial charge >= 0.3 is 16.1 Å². The molecule has 0 bridgehead atoms. The largest absolute Gasteiger partial charge is 0.420 e. The number of ether oxygens (including phenoxy) is 11. The first-order chi connectivity index (χ1) is 41.9. The van der Waals surface area contributed by atoms with Crippen molar-refractivity contribution in [1.29, 1.82) is 0 Å². The number of rotatable bonds is 44. The minimum Gasteiger partial charge on any atom is -0.420 e. The Morgan fingerprint density at radius 3 is 1.64 bits per heavy atom. The molecule has 5 rings (SSSR count). The Morgan fingerprint density at radius 1 is 0.701 bits per heavy atom. The lowest BCUT2D eigenvalue weighted by Gasteiger charge is -2.26. The third-order valence-electron chi connectivity index (χ3n) is 12.7. The van der Waals surface area contributed by atoms with Crippen LogP contribution in [0.5, 0.6) is 5.75 Å². The quantitative estimate of drug-likeness (QED) is 0.0111. The number of benzene rings is 3. The Morgan fingerprint density at radius 2 is 1.17 bits per heavy atom. The number of amidine groups is 1. The summed E-state index contributed by atoms with van der Waals surface area (Å²) in [5.74, 6) is -13.0. The third kappa shape index (κ3) is 24.5. The summed E-state index contributed by atoms with van der Waals surface area (Å²) in [6.45, 7) is 15.3. The highest BCUT2D eigenvalue weighted by atomic mass is 32.2. The number of carbonyl (C=O) groups excluding carboxylic acids is 3. The second kappa shape index (κ2) is 39.1. The van der Waals surface area contributed by atoms with Crippen molar-refractivity contribution >= 4 is 45.5 Å². The van der Waals surface area contributed by atoms with Crippen LogP contribution in [0.25, 0.3) is 17.2 Å². The van der Waals surface area contributed by atoms with E-state index in [-0.39, 0.29) is 71.0 Å². The minimum atomic E-state index is -5.65. The van der Waals surface area contributed by atoms with E-state index in [2.05, 4.69) is 23.6 Å². The zero-order valence-corrected chi connectivity index (χ0v) is 49.8. The maximum atomic E-state index is 14.0. The molecule has 29 heteroatoms. The van der Waals surface area contributed by atoms with Gasteiger partial charge in [-0.15, -0.1) is 0 Å². The summed E-state index contributed by atoms with van der Waals surface area (Å²) in [6, 6.07) is 12.2. The highest BCUT2D eigenvalue weighted by Gasteiger charge is 2.39. The topological polar surface area (TPSA) is 293 Å². The summed E-state index contributed by atoms with van der Waals surface area (Å²) in [6.07, 6.45) is 2.05. The summed E-state index contributed by atoms with van der Waals surface area (Å²) in [4.78, 5) is 48.4. The lowest BCUT2D eigenvalue weighted by molar-refractivity contribution is -0.136. The fourth-order valence-electron chi connectivity index (χ4n) is 8.48. The van der Waals surface area contributed by atoms with Crippen LogP contribution in [0, 0.1) is 23.3 Å². The maximum Gasteiger partial charge on any atom is 0.313 e. The van der Waals surface area contributed by atoms with Crippen molar-refractivity contribution in [1.82, 2.24) is 15.3 Å². The van der Waals surface area contributed by atoms with Crippen LogP contribution in [0.15, 0.2) is 70.2 Å². The average molecular weight is 1260 g/mol. The van der Waals surface area contributed by atoms with Gasteiger partial charge in [-0.1, -0.05) is 37.8 Å². The second-order valence-electron chi connectivity index (χ2n) is 19.2. The normalized spacial score (nSPS) is 15.0. The van der Waals surface area contributed by atoms with Crippen LogP contribution in [0.1, 0.15) is 55.5 Å². The lowest BCUT2D eigenvalue weighted by Crippen LogP contribution is -2.46. The van der Waals surface area contributed by atoms with Gasteiger partial charge in [0.1, 0.15) is 11.9 Å². The molecule has 0 saturated carbocycles. The van der Waals surface area contributed by atoms with Gasteiger partial charge in [0.2, 0.25) is 23.3 Å². The van der Waals surface area contributed by atoms with Crippen LogP contribution in [0.4, 0.5) is 23.2 Å². The van der Waals surface area contributed by atoms with E-state index >= 15 is 0 Å². The average Bonchev–Trinajstić information content (AvgIpc) is 1.62. The molecule has 24 nitrogen and oxygen atoms in total. The fourth-order valence-corrected chi connectivity index (χ4v) is 9.12. The first-order valence-corrected chi connectivity index (χ1v) is 29.8. The number of halogens is 4. The van der Waals surface area contributed by atoms with Crippen molar-refractivity contribution in [2.45, 2.75) is 56.6 Å². The molecule has 1 fully saturated rings. The van der Waals surface area contributed by atoms with Gasteiger partial charge in [0.25, 0.3) is 5.91 Å². The number of likely N-dealkylation sites (tertiary alicyclic amines) is 1. The van der Waals surface area contributed by atoms with Crippen molar-refractivity contribution in [3.63, 3.8) is 0 Å². The lowest BCUT2D eigenvalue weighted by atomic mass is 9.99. The number of nitrogens with one attached hydrogen (secondary N) is 1. The van der Waals surface area contributed by atoms with Gasteiger partial charge in [0.05, 0.1) is 163 Å². The molecule has 2 amide bonds. The first-order valence-electron chi connectivity index (χ1n) is 28.4. The highest BCUT2D eigenvalue weighted by Crippen LogP contribution is 2.35. The molecule has 3 aromatic carbocycles. The molecule has 1 saturated heterocycles. The zero-order chi connectivity index (χ0) is 63.0. The van der Waals surface area contributed by atoms with Gasteiger partial charge in [0, 0.05) is 43.6 Å². The molecule has 5 N–H and O–H groups in total. The highest BCUT2D eigenvalue weighted by molar-refractivity contribution is 7.85. The number of carbonyl (C=O) groups is 3. The van der Waals surface area contributed by atoms with Gasteiger partial charge in [-0.05, 0) is 54.3 Å². The smallest absolute Gasteiger partial charge is 0.313 e. The molecule has 2 aliphatic rings. The monoisotopic (exact) mass is 1260 g/mol. The molecular formula is C58H79F4N5O19S. The van der Waals surface area contributed by atoms with E-state index in [4.69, 9.17) is 67.5 Å². The van der Waals surface area contributed by atoms with Gasteiger partial charge in [-0.3, -0.25) is 28.8 Å². The standard InChI is InChI=1S/C58H79F4N5O19S/c1-4-14-67(85-5-2)40(3)45-35-44-11-10-43(36-47(44)65-49(63)37-45)41-6-8-42(9-7-41)58(71)66-39-46(68)38-48(66)57(70)64-13-16-76-18-20-78-22-24-80-26-28-82-30-32-84-34-33-83-31-29-81-27-25-79-23-21-77-19-17-75-15-12-50(69)86-55-51(59)53(61)56(87(72,73)74)54(62)52(55)60/h6-11,35-36,46,48,68H,3-5,12-34,37-39H2,1-2H3,(H2,63,65)(H,64,70)(H,72,73,74)/t46-,48+/m1/s1. The van der Waals surface area contributed by atoms with Gasteiger partial charge < -0.3 is 73.2 Å². The summed E-state index contributed by atoms with van der Waals surface area (Å²) >= 11 is 0. The predicted molar refractivity (Wildman–Crippen MR) is 307 cm³/mol. The first kappa shape index (κ1) is 71.7. The van der Waals surface area contributed by atoms with Crippen LogP contribution in [-0.2, 0) is 71.9 Å². The number of nitrogens with zero attached hydrogens (tertiary/aromatic N) is 3.